The second-order valence-corrected chi connectivity index (χ2v) is 6.18. The summed E-state index contributed by atoms with van der Waals surface area (Å²) in [6, 6.07) is 9.57. The molecule has 1 aromatic carbocycles. The van der Waals surface area contributed by atoms with Crippen molar-refractivity contribution in [3.05, 3.63) is 36.2 Å². The summed E-state index contributed by atoms with van der Waals surface area (Å²) in [5, 5.41) is 14.4. The molecular formula is C17H25N5O2. The van der Waals surface area contributed by atoms with Crippen LogP contribution in [0.15, 0.2) is 30.3 Å². The minimum Gasteiger partial charge on any atom is -0.378 e. The molecule has 0 fully saturated rings. The molecule has 1 unspecified atom stereocenters. The summed E-state index contributed by atoms with van der Waals surface area (Å²) >= 11 is 0. The lowest BCUT2D eigenvalue weighted by Gasteiger charge is -2.14. The molecule has 1 heterocycles. The van der Waals surface area contributed by atoms with Crippen LogP contribution in [0.1, 0.15) is 39.4 Å². The van der Waals surface area contributed by atoms with Gasteiger partial charge in [-0.15, -0.1) is 5.10 Å². The van der Waals surface area contributed by atoms with Gasteiger partial charge in [0.1, 0.15) is 0 Å². The van der Waals surface area contributed by atoms with Gasteiger partial charge in [0.25, 0.3) is 0 Å². The normalized spacial score (nSPS) is 12.3. The maximum Gasteiger partial charge on any atom is 0.222 e. The van der Waals surface area contributed by atoms with Gasteiger partial charge in [-0.25, -0.2) is 0 Å². The van der Waals surface area contributed by atoms with E-state index in [1.165, 1.54) is 0 Å². The zero-order valence-electron chi connectivity index (χ0n) is 14.5. The largest absolute Gasteiger partial charge is 0.378 e. The molecule has 0 aliphatic rings. The van der Waals surface area contributed by atoms with Crippen molar-refractivity contribution in [2.75, 3.05) is 6.61 Å². The Bertz CT molecular complexity index is 627. The SMILES string of the molecule is CC(C)CC(C)OCCC(=O)NCc1nnnn1-c1ccccc1. The van der Waals surface area contributed by atoms with Crippen LogP contribution in [-0.2, 0) is 16.1 Å². The van der Waals surface area contributed by atoms with Gasteiger partial charge in [-0.3, -0.25) is 4.79 Å². The second kappa shape index (κ2) is 9.12. The van der Waals surface area contributed by atoms with E-state index in [0.29, 0.717) is 24.8 Å². The van der Waals surface area contributed by atoms with Gasteiger partial charge in [0.15, 0.2) is 5.82 Å². The molecule has 0 spiro atoms. The van der Waals surface area contributed by atoms with Crippen LogP contribution >= 0.6 is 0 Å². The summed E-state index contributed by atoms with van der Waals surface area (Å²) < 4.78 is 7.26. The number of amides is 1. The molecule has 2 aromatic rings. The Morgan fingerprint density at radius 1 is 1.25 bits per heavy atom. The smallest absolute Gasteiger partial charge is 0.222 e. The molecule has 7 nitrogen and oxygen atoms in total. The highest BCUT2D eigenvalue weighted by Gasteiger charge is 2.10. The summed E-state index contributed by atoms with van der Waals surface area (Å²) in [6.07, 6.45) is 1.49. The van der Waals surface area contributed by atoms with Crippen LogP contribution in [0.5, 0.6) is 0 Å². The van der Waals surface area contributed by atoms with E-state index in [-0.39, 0.29) is 18.6 Å². The molecular weight excluding hydrogens is 306 g/mol. The fourth-order valence-electron chi connectivity index (χ4n) is 2.44. The van der Waals surface area contributed by atoms with Crippen molar-refractivity contribution in [2.24, 2.45) is 5.92 Å². The first-order valence-corrected chi connectivity index (χ1v) is 8.27. The van der Waals surface area contributed by atoms with E-state index < -0.39 is 0 Å². The Labute approximate surface area is 142 Å². The van der Waals surface area contributed by atoms with Crippen molar-refractivity contribution in [1.29, 1.82) is 0 Å². The molecule has 0 aliphatic carbocycles. The number of rotatable bonds is 9. The maximum absolute atomic E-state index is 11.9. The van der Waals surface area contributed by atoms with Gasteiger partial charge in [-0.1, -0.05) is 32.0 Å². The molecule has 0 bridgehead atoms. The van der Waals surface area contributed by atoms with Crippen LogP contribution in [0, 0.1) is 5.92 Å². The lowest BCUT2D eigenvalue weighted by Crippen LogP contribution is -2.26. The van der Waals surface area contributed by atoms with E-state index in [4.69, 9.17) is 4.74 Å². The quantitative estimate of drug-likeness (QED) is 0.761. The molecule has 1 aromatic heterocycles. The molecule has 1 N–H and O–H groups in total. The molecule has 1 amide bonds. The van der Waals surface area contributed by atoms with E-state index in [0.717, 1.165) is 12.1 Å². The molecule has 1 atom stereocenters. The Hall–Kier alpha value is -2.28. The fraction of sp³-hybridized carbons (Fsp3) is 0.529. The van der Waals surface area contributed by atoms with Crippen LogP contribution in [0.25, 0.3) is 5.69 Å². The highest BCUT2D eigenvalue weighted by molar-refractivity contribution is 5.75. The lowest BCUT2D eigenvalue weighted by molar-refractivity contribution is -0.122. The van der Waals surface area contributed by atoms with Crippen LogP contribution in [-0.4, -0.2) is 38.8 Å². The van der Waals surface area contributed by atoms with E-state index in [1.807, 2.05) is 37.3 Å². The summed E-state index contributed by atoms with van der Waals surface area (Å²) in [5.74, 6) is 1.10. The van der Waals surface area contributed by atoms with Crippen molar-refractivity contribution >= 4 is 5.91 Å². The van der Waals surface area contributed by atoms with E-state index in [9.17, 15) is 4.79 Å². The number of para-hydroxylation sites is 1. The lowest BCUT2D eigenvalue weighted by atomic mass is 10.1. The monoisotopic (exact) mass is 331 g/mol. The minimum absolute atomic E-state index is 0.0747. The molecule has 2 rings (SSSR count). The summed E-state index contributed by atoms with van der Waals surface area (Å²) in [4.78, 5) is 11.9. The van der Waals surface area contributed by atoms with Gasteiger partial charge in [-0.05, 0) is 41.8 Å². The van der Waals surface area contributed by atoms with Gasteiger partial charge in [-0.2, -0.15) is 4.68 Å². The number of aromatic nitrogens is 4. The second-order valence-electron chi connectivity index (χ2n) is 6.18. The predicted molar refractivity (Wildman–Crippen MR) is 90.5 cm³/mol. The number of hydrogen-bond donors (Lipinski definition) is 1. The standard InChI is InChI=1S/C17H25N5O2/c1-13(2)11-14(3)24-10-9-17(23)18-12-16-19-20-21-22(16)15-7-5-4-6-8-15/h4-8,13-14H,9-12H2,1-3H3,(H,18,23). The van der Waals surface area contributed by atoms with Gasteiger partial charge in [0.2, 0.25) is 5.91 Å². The van der Waals surface area contributed by atoms with E-state index >= 15 is 0 Å². The average molecular weight is 331 g/mol. The molecule has 24 heavy (non-hydrogen) atoms. The van der Waals surface area contributed by atoms with Gasteiger partial charge >= 0.3 is 0 Å². The number of nitrogens with zero attached hydrogens (tertiary/aromatic N) is 4. The topological polar surface area (TPSA) is 81.9 Å². The number of nitrogens with one attached hydrogen (secondary N) is 1. The molecule has 0 aliphatic heterocycles. The minimum atomic E-state index is -0.0747. The van der Waals surface area contributed by atoms with Crippen LogP contribution in [0.2, 0.25) is 0 Å². The maximum atomic E-state index is 11.9. The van der Waals surface area contributed by atoms with Crippen molar-refractivity contribution in [2.45, 2.75) is 46.3 Å². The summed E-state index contributed by atoms with van der Waals surface area (Å²) in [6.45, 7) is 7.05. The Morgan fingerprint density at radius 3 is 2.71 bits per heavy atom. The first-order valence-electron chi connectivity index (χ1n) is 8.27. The number of carbonyl (C=O) groups excluding carboxylic acids is 1. The van der Waals surface area contributed by atoms with Crippen molar-refractivity contribution in [3.63, 3.8) is 0 Å². The van der Waals surface area contributed by atoms with Crippen molar-refractivity contribution < 1.29 is 9.53 Å². The first kappa shape index (κ1) is 18.1. The first-order chi connectivity index (χ1) is 11.6. The molecule has 7 heteroatoms. The Balaban J connectivity index is 1.76. The van der Waals surface area contributed by atoms with Gasteiger partial charge < -0.3 is 10.1 Å². The number of hydrogen-bond acceptors (Lipinski definition) is 5. The van der Waals surface area contributed by atoms with Crippen LogP contribution < -0.4 is 5.32 Å². The number of ether oxygens (including phenoxy) is 1. The Morgan fingerprint density at radius 2 is 2.00 bits per heavy atom. The van der Waals surface area contributed by atoms with Gasteiger partial charge in [0.05, 0.1) is 24.9 Å². The molecule has 0 saturated heterocycles. The zero-order valence-corrected chi connectivity index (χ0v) is 14.5. The van der Waals surface area contributed by atoms with Crippen molar-refractivity contribution in [1.82, 2.24) is 25.5 Å². The van der Waals surface area contributed by atoms with E-state index in [1.54, 1.807) is 4.68 Å². The van der Waals surface area contributed by atoms with Crippen LogP contribution in [0.4, 0.5) is 0 Å². The third-order valence-corrected chi connectivity index (χ3v) is 3.51. The number of carbonyl (C=O) groups is 1. The van der Waals surface area contributed by atoms with E-state index in [2.05, 4.69) is 34.7 Å². The fourth-order valence-corrected chi connectivity index (χ4v) is 2.44. The highest BCUT2D eigenvalue weighted by atomic mass is 16.5. The number of tetrazole rings is 1. The average Bonchev–Trinajstić information content (AvgIpc) is 3.01. The molecule has 130 valence electrons. The molecule has 0 radical (unpaired) electrons. The van der Waals surface area contributed by atoms with Crippen molar-refractivity contribution in [3.8, 4) is 5.69 Å². The summed E-state index contributed by atoms with van der Waals surface area (Å²) in [5.41, 5.74) is 0.859. The Kier molecular flexibility index (Phi) is 6.87. The van der Waals surface area contributed by atoms with Gasteiger partial charge in [0, 0.05) is 6.42 Å². The van der Waals surface area contributed by atoms with Crippen LogP contribution in [0.3, 0.4) is 0 Å². The number of benzene rings is 1. The molecule has 0 saturated carbocycles. The summed E-state index contributed by atoms with van der Waals surface area (Å²) in [7, 11) is 0. The highest BCUT2D eigenvalue weighted by Crippen LogP contribution is 2.08. The third kappa shape index (κ3) is 5.73. The predicted octanol–water partition coefficient (Wildman–Crippen LogP) is 2.12. The zero-order chi connectivity index (χ0) is 17.4. The third-order valence-electron chi connectivity index (χ3n) is 3.51.